The van der Waals surface area contributed by atoms with Gasteiger partial charge in [-0.3, -0.25) is 13.9 Å². The summed E-state index contributed by atoms with van der Waals surface area (Å²) >= 11 is 0. The van der Waals surface area contributed by atoms with Crippen LogP contribution in [0.25, 0.3) is 0 Å². The third-order valence-electron chi connectivity index (χ3n) is 6.99. The normalized spacial score (nSPS) is 13.4. The molecule has 0 saturated carbocycles. The van der Waals surface area contributed by atoms with E-state index in [1.165, 1.54) is 11.8 Å². The molecule has 10 heteroatoms. The van der Waals surface area contributed by atoms with Gasteiger partial charge in [0, 0.05) is 24.6 Å². The van der Waals surface area contributed by atoms with Crippen LogP contribution in [0.2, 0.25) is 0 Å². The Morgan fingerprint density at radius 3 is 2.29 bits per heavy atom. The van der Waals surface area contributed by atoms with E-state index in [0.717, 1.165) is 21.0 Å². The summed E-state index contributed by atoms with van der Waals surface area (Å²) in [6, 6.07) is 21.0. The van der Waals surface area contributed by atoms with Crippen LogP contribution >= 0.6 is 0 Å². The quantitative estimate of drug-likeness (QED) is 0.353. The van der Waals surface area contributed by atoms with Crippen LogP contribution in [0.15, 0.2) is 72.8 Å². The zero-order chi connectivity index (χ0) is 30.5. The number of sulfonamides is 1. The Bertz CT molecular complexity index is 1520. The van der Waals surface area contributed by atoms with Crippen LogP contribution in [0.1, 0.15) is 44.4 Å². The van der Waals surface area contributed by atoms with E-state index >= 15 is 0 Å². The summed E-state index contributed by atoms with van der Waals surface area (Å²) < 4.78 is 38.7. The van der Waals surface area contributed by atoms with E-state index in [2.05, 4.69) is 5.32 Å². The van der Waals surface area contributed by atoms with E-state index in [9.17, 15) is 18.0 Å². The van der Waals surface area contributed by atoms with E-state index in [-0.39, 0.29) is 37.1 Å². The van der Waals surface area contributed by atoms with Gasteiger partial charge in [0.05, 0.1) is 11.4 Å². The first kappa shape index (κ1) is 30.9. The van der Waals surface area contributed by atoms with Crippen LogP contribution in [0.4, 0.5) is 5.69 Å². The van der Waals surface area contributed by atoms with Gasteiger partial charge >= 0.3 is 0 Å². The lowest BCUT2D eigenvalue weighted by atomic mass is 10.00. The van der Waals surface area contributed by atoms with Gasteiger partial charge in [0.25, 0.3) is 0 Å². The van der Waals surface area contributed by atoms with Gasteiger partial charge in [0.1, 0.15) is 12.6 Å². The number of benzene rings is 3. The molecule has 9 nitrogen and oxygen atoms in total. The smallest absolute Gasteiger partial charge is 0.244 e. The number of aryl methyl sites for hydroxylation is 1. The van der Waals surface area contributed by atoms with Crippen LogP contribution in [0, 0.1) is 6.92 Å². The Morgan fingerprint density at radius 2 is 1.62 bits per heavy atom. The monoisotopic (exact) mass is 593 g/mol. The van der Waals surface area contributed by atoms with E-state index in [1.807, 2.05) is 82.3 Å². The molecule has 4 rings (SSSR count). The minimum atomic E-state index is -3.89. The molecule has 1 heterocycles. The van der Waals surface area contributed by atoms with Crippen molar-refractivity contribution < 1.29 is 27.5 Å². The van der Waals surface area contributed by atoms with E-state index in [1.54, 1.807) is 18.2 Å². The molecule has 0 radical (unpaired) electrons. The van der Waals surface area contributed by atoms with Gasteiger partial charge in [-0.25, -0.2) is 8.42 Å². The molecular weight excluding hydrogens is 554 g/mol. The van der Waals surface area contributed by atoms with Gasteiger partial charge in [-0.1, -0.05) is 54.6 Å². The second-order valence-electron chi connectivity index (χ2n) is 11.3. The van der Waals surface area contributed by atoms with Crippen LogP contribution < -0.4 is 19.1 Å². The number of anilines is 1. The van der Waals surface area contributed by atoms with E-state index in [4.69, 9.17) is 9.47 Å². The van der Waals surface area contributed by atoms with Crippen molar-refractivity contribution in [1.82, 2.24) is 10.2 Å². The summed E-state index contributed by atoms with van der Waals surface area (Å²) in [6.07, 6.45) is 0.255. The zero-order valence-electron chi connectivity index (χ0n) is 24.8. The number of nitrogens with one attached hydrogen (secondary N) is 1. The number of carbonyl (C=O) groups is 2. The van der Waals surface area contributed by atoms with Gasteiger partial charge in [0.15, 0.2) is 11.5 Å². The number of hydrogen-bond donors (Lipinski definition) is 1. The molecule has 0 fully saturated rings. The Balaban J connectivity index is 1.77. The Hall–Kier alpha value is -4.05. The summed E-state index contributed by atoms with van der Waals surface area (Å²) in [7, 11) is -3.89. The molecule has 1 atom stereocenters. The third kappa shape index (κ3) is 7.61. The van der Waals surface area contributed by atoms with E-state index in [0.29, 0.717) is 11.5 Å². The molecule has 0 unspecified atom stereocenters. The molecular formula is C32H39N3O6S. The average Bonchev–Trinajstić information content (AvgIpc) is 3.42. The molecule has 1 aliphatic rings. The fourth-order valence-corrected chi connectivity index (χ4v) is 5.79. The topological polar surface area (TPSA) is 105 Å². The van der Waals surface area contributed by atoms with Crippen LogP contribution in [-0.4, -0.2) is 55.8 Å². The summed E-state index contributed by atoms with van der Waals surface area (Å²) in [5.74, 6) is -0.134. The lowest BCUT2D eigenvalue weighted by Gasteiger charge is -2.35. The second-order valence-corrected chi connectivity index (χ2v) is 13.5. The fraction of sp³-hybridized carbons (Fsp3) is 0.375. The Labute approximate surface area is 248 Å². The first-order valence-corrected chi connectivity index (χ1v) is 15.6. The Morgan fingerprint density at radius 1 is 0.952 bits per heavy atom. The standard InChI is InChI=1S/C32H39N3O6S/c1-6-42(38,39)35(26-16-17-28-29(19-26)41-22-40-28)21-30(36)34(20-25-15-11-10-12-23(25)2)27(31(37)33-32(3,4)5)18-24-13-8-7-9-14-24/h7-17,19,27H,6,18,20-22H2,1-5H3,(H,33,37)/t27-/m0/s1. The highest BCUT2D eigenvalue weighted by Gasteiger charge is 2.35. The zero-order valence-corrected chi connectivity index (χ0v) is 25.6. The maximum absolute atomic E-state index is 14.3. The van der Waals surface area contributed by atoms with Crippen LogP contribution in [-0.2, 0) is 32.6 Å². The lowest BCUT2D eigenvalue weighted by molar-refractivity contribution is -0.140. The van der Waals surface area contributed by atoms with Crippen molar-refractivity contribution in [1.29, 1.82) is 0 Å². The molecule has 3 aromatic carbocycles. The minimum Gasteiger partial charge on any atom is -0.454 e. The molecule has 0 spiro atoms. The second kappa shape index (κ2) is 12.9. The van der Waals surface area contributed by atoms with Crippen molar-refractivity contribution in [2.75, 3.05) is 23.4 Å². The van der Waals surface area contributed by atoms with Crippen molar-refractivity contribution >= 4 is 27.5 Å². The summed E-state index contributed by atoms with van der Waals surface area (Å²) in [5.41, 5.74) is 2.43. The predicted octanol–water partition coefficient (Wildman–Crippen LogP) is 4.43. The number of fused-ring (bicyclic) bond motifs is 1. The van der Waals surface area contributed by atoms with Crippen LogP contribution in [0.3, 0.4) is 0 Å². The Kier molecular flexibility index (Phi) is 9.46. The molecule has 224 valence electrons. The molecule has 0 bridgehead atoms. The summed E-state index contributed by atoms with van der Waals surface area (Å²) in [6.45, 7) is 8.79. The summed E-state index contributed by atoms with van der Waals surface area (Å²) in [4.78, 5) is 29.7. The number of nitrogens with zero attached hydrogens (tertiary/aromatic N) is 2. The average molecular weight is 594 g/mol. The van der Waals surface area contributed by atoms with Crippen molar-refractivity contribution in [2.45, 2.75) is 59.2 Å². The van der Waals surface area contributed by atoms with E-state index < -0.39 is 34.1 Å². The molecule has 42 heavy (non-hydrogen) atoms. The maximum atomic E-state index is 14.3. The van der Waals surface area contributed by atoms with Crippen molar-refractivity contribution in [2.24, 2.45) is 0 Å². The molecule has 0 aromatic heterocycles. The molecule has 0 aliphatic carbocycles. The van der Waals surface area contributed by atoms with Crippen molar-refractivity contribution in [3.63, 3.8) is 0 Å². The number of hydrogen-bond acceptors (Lipinski definition) is 6. The van der Waals surface area contributed by atoms with Crippen molar-refractivity contribution in [3.8, 4) is 11.5 Å². The minimum absolute atomic E-state index is 0.0342. The molecule has 1 N–H and O–H groups in total. The summed E-state index contributed by atoms with van der Waals surface area (Å²) in [5, 5.41) is 3.03. The predicted molar refractivity (Wildman–Crippen MR) is 163 cm³/mol. The largest absolute Gasteiger partial charge is 0.454 e. The fourth-order valence-electron chi connectivity index (χ4n) is 4.74. The van der Waals surface area contributed by atoms with Gasteiger partial charge in [-0.15, -0.1) is 0 Å². The van der Waals surface area contributed by atoms with Gasteiger partial charge in [0.2, 0.25) is 28.6 Å². The van der Waals surface area contributed by atoms with Crippen LogP contribution in [0.5, 0.6) is 11.5 Å². The number of rotatable bonds is 11. The number of carbonyl (C=O) groups excluding carboxylic acids is 2. The van der Waals surface area contributed by atoms with Gasteiger partial charge in [-0.2, -0.15) is 0 Å². The highest BCUT2D eigenvalue weighted by Crippen LogP contribution is 2.36. The third-order valence-corrected chi connectivity index (χ3v) is 8.74. The maximum Gasteiger partial charge on any atom is 0.244 e. The van der Waals surface area contributed by atoms with Gasteiger partial charge in [-0.05, 0) is 63.4 Å². The first-order valence-electron chi connectivity index (χ1n) is 14.0. The first-order chi connectivity index (χ1) is 19.9. The number of amides is 2. The molecule has 2 amide bonds. The highest BCUT2D eigenvalue weighted by atomic mass is 32.2. The molecule has 3 aromatic rings. The SMILES string of the molecule is CCS(=O)(=O)N(CC(=O)N(Cc1ccccc1C)[C@@H](Cc1ccccc1)C(=O)NC(C)(C)C)c1ccc2c(c1)OCO2. The molecule has 1 aliphatic heterocycles. The highest BCUT2D eigenvalue weighted by molar-refractivity contribution is 7.92. The number of ether oxygens (including phenoxy) is 2. The molecule has 0 saturated heterocycles. The lowest BCUT2D eigenvalue weighted by Crippen LogP contribution is -2.56. The van der Waals surface area contributed by atoms with Crippen molar-refractivity contribution in [3.05, 3.63) is 89.5 Å². The van der Waals surface area contributed by atoms with Gasteiger partial charge < -0.3 is 19.7 Å².